The van der Waals surface area contributed by atoms with Gasteiger partial charge in [0, 0.05) is 159 Å². The molecule has 0 unspecified atom stereocenters. The van der Waals surface area contributed by atoms with Crippen molar-refractivity contribution in [3.63, 3.8) is 0 Å². The number of hydrogen-bond donors (Lipinski definition) is 4. The van der Waals surface area contributed by atoms with E-state index in [2.05, 4.69) is 302 Å². The van der Waals surface area contributed by atoms with Gasteiger partial charge < -0.3 is 58.6 Å². The van der Waals surface area contributed by atoms with Gasteiger partial charge in [0.05, 0.1) is 28.3 Å². The summed E-state index contributed by atoms with van der Waals surface area (Å²) in [6.45, 7) is 29.7. The van der Waals surface area contributed by atoms with Crippen molar-refractivity contribution >= 4 is 87.2 Å². The van der Waals surface area contributed by atoms with Crippen LogP contribution in [0.5, 0.6) is 23.0 Å². The Hall–Kier alpha value is -15.2. The van der Waals surface area contributed by atoms with E-state index < -0.39 is 0 Å². The third kappa shape index (κ3) is 21.0. The van der Waals surface area contributed by atoms with E-state index in [4.69, 9.17) is 19.9 Å². The largest absolute Gasteiger partial charge is 0.507 e. The van der Waals surface area contributed by atoms with Gasteiger partial charge in [0.25, 0.3) is 0 Å². The molecule has 0 bridgehead atoms. The van der Waals surface area contributed by atoms with Gasteiger partial charge in [-0.05, 0) is 290 Å². The molecule has 0 atom stereocenters. The third-order valence-corrected chi connectivity index (χ3v) is 26.6. The van der Waals surface area contributed by atoms with Crippen LogP contribution in [0.3, 0.4) is 0 Å². The predicted octanol–water partition coefficient (Wildman–Crippen LogP) is 30.7. The van der Waals surface area contributed by atoms with Gasteiger partial charge in [-0.2, -0.15) is 0 Å². The van der Waals surface area contributed by atoms with E-state index in [1.165, 1.54) is 5.56 Å². The number of nitrogens with zero attached hydrogens (tertiary/aromatic N) is 12. The first-order valence-corrected chi connectivity index (χ1v) is 48.6. The topological polar surface area (TPSA) is 204 Å². The zero-order chi connectivity index (χ0) is 100. The minimum Gasteiger partial charge on any atom is -0.507 e. The van der Waals surface area contributed by atoms with Crippen LogP contribution < -0.4 is 0 Å². The molecule has 16 nitrogen and oxygen atoms in total. The molecular weight excluding hydrogens is 2560 g/mol. The number of benzene rings is 11. The summed E-state index contributed by atoms with van der Waals surface area (Å²) in [7, 11) is 0. The Morgan fingerprint density at radius 2 is 0.584 bits per heavy atom. The number of phenolic OH excluding ortho intramolecular Hbond substituents is 4. The Labute approximate surface area is 924 Å². The number of aryl methyl sites for hydroxylation is 5. The van der Waals surface area contributed by atoms with Gasteiger partial charge >= 0.3 is 0 Å². The Morgan fingerprint density at radius 1 is 0.262 bits per heavy atom. The van der Waals surface area contributed by atoms with Crippen LogP contribution in [0.1, 0.15) is 107 Å². The number of hydrogen-bond acceptors (Lipinski definition) is 12. The fraction of sp³-hybridized carbons (Fsp3) is 0.132. The second-order valence-corrected chi connectivity index (χ2v) is 40.1. The maximum absolute atomic E-state index is 11.6. The van der Waals surface area contributed by atoms with Crippen molar-refractivity contribution in [2.45, 2.75) is 113 Å². The monoisotopic (exact) mass is 2660 g/mol. The van der Waals surface area contributed by atoms with E-state index in [1.54, 1.807) is 36.9 Å². The molecule has 12 aromatic heterocycles. The molecule has 0 aliphatic heterocycles. The predicted molar refractivity (Wildman–Crippen MR) is 588 cm³/mol. The second-order valence-electron chi connectivity index (χ2n) is 40.1. The van der Waals surface area contributed by atoms with E-state index in [1.807, 2.05) is 185 Å². The summed E-state index contributed by atoms with van der Waals surface area (Å²) < 4.78 is 8.62. The maximum Gasteiger partial charge on any atom is 0.137 e. The van der Waals surface area contributed by atoms with Crippen molar-refractivity contribution in [1.29, 1.82) is 0 Å². The number of phenols is 4. The minimum atomic E-state index is -0.226. The zero-order valence-electron chi connectivity index (χ0n) is 84.4. The first-order valence-electron chi connectivity index (χ1n) is 48.6. The molecule has 20 heteroatoms. The summed E-state index contributed by atoms with van der Waals surface area (Å²) in [6.07, 6.45) is 7.19. The summed E-state index contributed by atoms with van der Waals surface area (Å²) in [5.41, 5.74) is 28.8. The van der Waals surface area contributed by atoms with Crippen LogP contribution in [0.2, 0.25) is 0 Å². The van der Waals surface area contributed by atoms with Crippen LogP contribution in [-0.4, -0.2) is 78.6 Å². The van der Waals surface area contributed by atoms with Gasteiger partial charge in [-0.15, -0.1) is 95.1 Å². The molecule has 0 aliphatic carbocycles. The Kier molecular flexibility index (Phi) is 30.6. The molecule has 0 saturated heterocycles. The molecule has 0 saturated carbocycles. The molecule has 4 N–H and O–H groups in total. The molecule has 12 heterocycles. The number of pyridine rings is 8. The van der Waals surface area contributed by atoms with Crippen molar-refractivity contribution in [2.75, 3.05) is 0 Å². The standard InChI is InChI=1S/C37H36N3O.C32H24N3O.C31H24N3O.C29H20N3O.4Pt/c1-23-18-31(28-21-25(36(2,3)4)22-29(35(28)41)37(5,6)7)39-34(19-23)40-32-14-9-8-12-26(32)27-16-15-24(20-33(27)40)30-13-10-11-17-38-30;1-32(2,3)22-19-27(25-11-5-7-14-30(25)36)34-31(20-22)35-28-13-6-4-10-23(28)24-16-15-21(18-29(24)35)26-12-8-9-17-33-26;1-19-14-21(3)31(35)25(15-19)27-16-20(2)17-30(33-27)34-28-10-5-4-8-23(28)24-12-11-22(18-29(24)34)26-9-6-7-13-32-26;1-19-16-25(23-9-3-5-12-28(23)33)31-29(17-19)32-26-11-4-2-8-21(26)22-14-13-20(18-27(22)32)24-10-6-7-15-30-24;;;;/h8-19,21-22,41H,1-7H3;5-9,11-17,19-20,36H,1-3H3;4-17,35H,1-3H3;2-17,33H,1H3;;;;/q4*-1;;;;. The average Bonchev–Trinajstić information content (AvgIpc) is 1.61. The first kappa shape index (κ1) is 105. The smallest absolute Gasteiger partial charge is 0.137 e. The molecule has 0 fully saturated rings. The normalized spacial score (nSPS) is 11.4. The van der Waals surface area contributed by atoms with E-state index in [9.17, 15) is 20.4 Å². The molecule has 0 radical (unpaired) electrons. The van der Waals surface area contributed by atoms with Crippen LogP contribution in [0, 0.1) is 71.0 Å². The van der Waals surface area contributed by atoms with Gasteiger partial charge in [0.15, 0.2) is 0 Å². The van der Waals surface area contributed by atoms with Crippen LogP contribution >= 0.6 is 0 Å². The fourth-order valence-electron chi connectivity index (χ4n) is 19.3. The molecule has 149 heavy (non-hydrogen) atoms. The molecule has 0 aliphatic rings. The van der Waals surface area contributed by atoms with Crippen LogP contribution in [0.15, 0.2) is 352 Å². The number of aromatic nitrogens is 12. The Morgan fingerprint density at radius 3 is 0.960 bits per heavy atom. The summed E-state index contributed by atoms with van der Waals surface area (Å²) in [5, 5.41) is 52.2. The number of fused-ring (bicyclic) bond motifs is 12. The Balaban J connectivity index is 0.000000134. The molecule has 24 aromatic rings. The molecule has 24 rings (SSSR count). The number of aromatic hydroxyl groups is 4. The van der Waals surface area contributed by atoms with Gasteiger partial charge in [-0.25, -0.2) is 19.9 Å². The van der Waals surface area contributed by atoms with E-state index in [0.717, 1.165) is 228 Å². The summed E-state index contributed by atoms with van der Waals surface area (Å²) >= 11 is 0. The van der Waals surface area contributed by atoms with Gasteiger partial charge in [-0.3, -0.25) is 0 Å². The van der Waals surface area contributed by atoms with Crippen molar-refractivity contribution in [3.8, 4) is 136 Å². The van der Waals surface area contributed by atoms with Crippen molar-refractivity contribution in [3.05, 3.63) is 433 Å². The molecular formula is C129H104N12O4Pt4-4. The third-order valence-electron chi connectivity index (χ3n) is 26.6. The van der Waals surface area contributed by atoms with Gasteiger partial charge in [0.2, 0.25) is 0 Å². The Bertz CT molecular complexity index is 9140. The van der Waals surface area contributed by atoms with E-state index in [0.29, 0.717) is 16.9 Å². The van der Waals surface area contributed by atoms with Gasteiger partial charge in [0.1, 0.15) is 46.3 Å². The van der Waals surface area contributed by atoms with Crippen molar-refractivity contribution in [1.82, 2.24) is 58.1 Å². The number of rotatable bonds is 12. The molecule has 748 valence electrons. The van der Waals surface area contributed by atoms with Crippen LogP contribution in [0.25, 0.3) is 201 Å². The SMILES string of the molecule is CC(C)(C)c1cc(-c2ccccc2O)nc(-n2c3[c-]c(-c4ccccn4)ccc3c3c#cccc32)c1.Cc1cc(-c2cc(C(C)(C)C)cc(C(C)(C)C)c2O)nc(-n2c3[c-]c(-c4ccccn4)ccc3c3ccccc32)c1.Cc1cc(-c2cc(C)cc(C)c2O)nc(-n2c3[c-]c(-c4ccccn4)ccc3c3ccccc32)c1.Cc1cc(-c2ccccc2O)nc(-n2c3[c-]c(-c4ccccn4)ccc3c3ccccc32)c1.[Pt].[Pt].[Pt].[Pt]. The summed E-state index contributed by atoms with van der Waals surface area (Å²) in [5.74, 6) is 4.11. The average molecular weight is 2670 g/mol. The van der Waals surface area contributed by atoms with Crippen LogP contribution in [-0.2, 0) is 101 Å². The van der Waals surface area contributed by atoms with Gasteiger partial charge in [-0.1, -0.05) is 236 Å². The zero-order valence-corrected chi connectivity index (χ0v) is 93.5. The number of para-hydroxylation sites is 5. The van der Waals surface area contributed by atoms with Crippen LogP contribution in [0.4, 0.5) is 0 Å². The molecule has 12 aromatic carbocycles. The second kappa shape index (κ2) is 43.3. The summed E-state index contributed by atoms with van der Waals surface area (Å²) in [6, 6.07) is 130. The van der Waals surface area contributed by atoms with E-state index in [-0.39, 0.29) is 118 Å². The van der Waals surface area contributed by atoms with Crippen molar-refractivity contribution < 1.29 is 105 Å². The quantitative estimate of drug-likeness (QED) is 0.0844. The fourth-order valence-corrected chi connectivity index (χ4v) is 19.3. The first-order chi connectivity index (χ1) is 70.0. The molecule has 0 spiro atoms. The minimum absolute atomic E-state index is 0. The molecule has 0 amide bonds. The van der Waals surface area contributed by atoms with Crippen molar-refractivity contribution in [2.24, 2.45) is 0 Å². The maximum atomic E-state index is 11.6. The van der Waals surface area contributed by atoms with E-state index >= 15 is 0 Å². The summed E-state index contributed by atoms with van der Waals surface area (Å²) in [4.78, 5) is 38.4.